The van der Waals surface area contributed by atoms with Crippen molar-refractivity contribution in [2.75, 3.05) is 26.2 Å². The first-order valence-electron chi connectivity index (χ1n) is 7.50. The highest BCUT2D eigenvalue weighted by Gasteiger charge is 2.27. The van der Waals surface area contributed by atoms with Gasteiger partial charge in [0.25, 0.3) is 0 Å². The third-order valence-corrected chi connectivity index (χ3v) is 3.69. The number of aliphatic hydroxyl groups excluding tert-OH is 1. The lowest BCUT2D eigenvalue weighted by atomic mass is 10.0. The van der Waals surface area contributed by atoms with Crippen LogP contribution in [0.4, 0.5) is 0 Å². The number of nitrogens with zero attached hydrogens (tertiary/aromatic N) is 2. The maximum Gasteiger partial charge on any atom is 0.194 e. The van der Waals surface area contributed by atoms with E-state index in [2.05, 4.69) is 15.2 Å². The molecule has 21 heavy (non-hydrogen) atoms. The fourth-order valence-corrected chi connectivity index (χ4v) is 2.40. The zero-order chi connectivity index (χ0) is 15.3. The van der Waals surface area contributed by atoms with Crippen molar-refractivity contribution in [3.05, 3.63) is 24.2 Å². The van der Waals surface area contributed by atoms with Crippen molar-refractivity contribution < 1.29 is 14.6 Å². The van der Waals surface area contributed by atoms with Crippen molar-refractivity contribution in [1.29, 1.82) is 0 Å². The summed E-state index contributed by atoms with van der Waals surface area (Å²) >= 11 is 0. The van der Waals surface area contributed by atoms with Crippen LogP contribution in [0.3, 0.4) is 0 Å². The molecule has 1 aliphatic rings. The summed E-state index contributed by atoms with van der Waals surface area (Å²) in [6.07, 6.45) is 2.83. The molecule has 0 radical (unpaired) electrons. The van der Waals surface area contributed by atoms with E-state index >= 15 is 0 Å². The largest absolute Gasteiger partial charge is 0.466 e. The van der Waals surface area contributed by atoms with Crippen molar-refractivity contribution in [3.8, 4) is 0 Å². The van der Waals surface area contributed by atoms with Crippen molar-refractivity contribution in [2.24, 2.45) is 4.99 Å². The Balaban J connectivity index is 2.03. The average Bonchev–Trinajstić information content (AvgIpc) is 2.99. The number of rotatable bonds is 4. The van der Waals surface area contributed by atoms with E-state index in [1.807, 2.05) is 6.92 Å². The SMILES string of the molecule is CCNC(=NCC(C)(O)c1ccco1)N1CCC(O)CC1. The van der Waals surface area contributed by atoms with Crippen LogP contribution in [0.2, 0.25) is 0 Å². The van der Waals surface area contributed by atoms with Gasteiger partial charge in [0.2, 0.25) is 0 Å². The second-order valence-electron chi connectivity index (χ2n) is 5.64. The lowest BCUT2D eigenvalue weighted by molar-refractivity contribution is 0.0431. The molecule has 0 amide bonds. The van der Waals surface area contributed by atoms with Gasteiger partial charge in [-0.05, 0) is 38.8 Å². The summed E-state index contributed by atoms with van der Waals surface area (Å²) in [5.41, 5.74) is -1.13. The lowest BCUT2D eigenvalue weighted by Gasteiger charge is -2.32. The second-order valence-corrected chi connectivity index (χ2v) is 5.64. The molecule has 0 bridgehead atoms. The van der Waals surface area contributed by atoms with Gasteiger partial charge >= 0.3 is 0 Å². The van der Waals surface area contributed by atoms with E-state index in [-0.39, 0.29) is 12.6 Å². The average molecular weight is 295 g/mol. The standard InChI is InChI=1S/C15H25N3O3/c1-3-16-14(18-8-6-12(19)7-9-18)17-11-15(2,20)13-5-4-10-21-13/h4-5,10,12,19-20H,3,6-9,11H2,1-2H3,(H,16,17). The first-order valence-corrected chi connectivity index (χ1v) is 7.50. The molecular weight excluding hydrogens is 270 g/mol. The Bertz CT molecular complexity index is 449. The predicted octanol–water partition coefficient (Wildman–Crippen LogP) is 0.909. The molecule has 1 unspecified atom stereocenters. The topological polar surface area (TPSA) is 81.2 Å². The van der Waals surface area contributed by atoms with Gasteiger partial charge < -0.3 is 24.8 Å². The summed E-state index contributed by atoms with van der Waals surface area (Å²) in [7, 11) is 0. The number of piperidine rings is 1. The quantitative estimate of drug-likeness (QED) is 0.568. The Morgan fingerprint density at radius 3 is 2.81 bits per heavy atom. The Morgan fingerprint density at radius 1 is 1.52 bits per heavy atom. The highest BCUT2D eigenvalue weighted by Crippen LogP contribution is 2.21. The summed E-state index contributed by atoms with van der Waals surface area (Å²) in [5, 5.41) is 23.3. The molecule has 3 N–H and O–H groups in total. The van der Waals surface area contributed by atoms with E-state index in [9.17, 15) is 10.2 Å². The molecule has 118 valence electrons. The number of aliphatic hydroxyl groups is 2. The first-order chi connectivity index (χ1) is 10.0. The molecule has 6 heteroatoms. The number of aliphatic imine (C=N–C) groups is 1. The van der Waals surface area contributed by atoms with Crippen LogP contribution in [-0.4, -0.2) is 53.4 Å². The number of hydrogen-bond acceptors (Lipinski definition) is 4. The smallest absolute Gasteiger partial charge is 0.194 e. The molecule has 0 spiro atoms. The Morgan fingerprint density at radius 2 is 2.24 bits per heavy atom. The van der Waals surface area contributed by atoms with E-state index in [1.165, 1.54) is 0 Å². The van der Waals surface area contributed by atoms with Crippen LogP contribution >= 0.6 is 0 Å². The molecule has 1 aromatic heterocycles. The van der Waals surface area contributed by atoms with Crippen LogP contribution in [0.15, 0.2) is 27.8 Å². The van der Waals surface area contributed by atoms with Crippen molar-refractivity contribution in [2.45, 2.75) is 38.4 Å². The molecule has 1 aliphatic heterocycles. The van der Waals surface area contributed by atoms with Gasteiger partial charge in [0.1, 0.15) is 11.4 Å². The number of furan rings is 1. The van der Waals surface area contributed by atoms with Gasteiger partial charge in [0.05, 0.1) is 18.9 Å². The minimum absolute atomic E-state index is 0.213. The molecule has 2 heterocycles. The van der Waals surface area contributed by atoms with Gasteiger partial charge in [-0.2, -0.15) is 0 Å². The van der Waals surface area contributed by atoms with E-state index in [1.54, 1.807) is 25.3 Å². The zero-order valence-electron chi connectivity index (χ0n) is 12.7. The van der Waals surface area contributed by atoms with E-state index in [4.69, 9.17) is 4.42 Å². The Hall–Kier alpha value is -1.53. The molecule has 1 saturated heterocycles. The molecule has 0 aliphatic carbocycles. The zero-order valence-corrected chi connectivity index (χ0v) is 12.7. The van der Waals surface area contributed by atoms with Gasteiger partial charge in [-0.3, -0.25) is 0 Å². The lowest BCUT2D eigenvalue weighted by Crippen LogP contribution is -2.47. The predicted molar refractivity (Wildman–Crippen MR) is 81.1 cm³/mol. The minimum atomic E-state index is -1.13. The number of nitrogens with one attached hydrogen (secondary N) is 1. The molecule has 2 rings (SSSR count). The maximum absolute atomic E-state index is 10.4. The molecule has 6 nitrogen and oxygen atoms in total. The fourth-order valence-electron chi connectivity index (χ4n) is 2.40. The van der Waals surface area contributed by atoms with Crippen molar-refractivity contribution in [3.63, 3.8) is 0 Å². The highest BCUT2D eigenvalue weighted by molar-refractivity contribution is 5.80. The van der Waals surface area contributed by atoms with E-state index in [0.717, 1.165) is 38.4 Å². The van der Waals surface area contributed by atoms with Crippen molar-refractivity contribution >= 4 is 5.96 Å². The van der Waals surface area contributed by atoms with Crippen LogP contribution in [0, 0.1) is 0 Å². The number of guanidine groups is 1. The number of likely N-dealkylation sites (tertiary alicyclic amines) is 1. The fraction of sp³-hybridized carbons (Fsp3) is 0.667. The third kappa shape index (κ3) is 4.22. The molecular formula is C15H25N3O3. The molecule has 0 saturated carbocycles. The minimum Gasteiger partial charge on any atom is -0.466 e. The van der Waals surface area contributed by atoms with Crippen LogP contribution in [0.25, 0.3) is 0 Å². The molecule has 1 aromatic rings. The van der Waals surface area contributed by atoms with Gasteiger partial charge in [0, 0.05) is 19.6 Å². The Labute approximate surface area is 125 Å². The van der Waals surface area contributed by atoms with Gasteiger partial charge in [0.15, 0.2) is 5.96 Å². The van der Waals surface area contributed by atoms with Crippen LogP contribution < -0.4 is 5.32 Å². The monoisotopic (exact) mass is 295 g/mol. The first kappa shape index (κ1) is 15.9. The Kier molecular flexibility index (Phi) is 5.25. The maximum atomic E-state index is 10.4. The van der Waals surface area contributed by atoms with E-state index < -0.39 is 5.60 Å². The molecule has 1 atom stereocenters. The summed E-state index contributed by atoms with van der Waals surface area (Å²) in [4.78, 5) is 6.65. The van der Waals surface area contributed by atoms with E-state index in [0.29, 0.717) is 5.76 Å². The second kappa shape index (κ2) is 6.95. The highest BCUT2D eigenvalue weighted by atomic mass is 16.4. The van der Waals surface area contributed by atoms with Gasteiger partial charge in [-0.1, -0.05) is 0 Å². The summed E-state index contributed by atoms with van der Waals surface area (Å²) < 4.78 is 5.26. The molecule has 0 aromatic carbocycles. The molecule has 1 fully saturated rings. The third-order valence-electron chi connectivity index (χ3n) is 3.69. The van der Waals surface area contributed by atoms with Crippen LogP contribution in [-0.2, 0) is 5.60 Å². The van der Waals surface area contributed by atoms with Crippen LogP contribution in [0.5, 0.6) is 0 Å². The van der Waals surface area contributed by atoms with Gasteiger partial charge in [-0.15, -0.1) is 0 Å². The van der Waals surface area contributed by atoms with Gasteiger partial charge in [-0.25, -0.2) is 4.99 Å². The van der Waals surface area contributed by atoms with Crippen molar-refractivity contribution in [1.82, 2.24) is 10.2 Å². The number of hydrogen-bond donors (Lipinski definition) is 3. The van der Waals surface area contributed by atoms with Crippen LogP contribution in [0.1, 0.15) is 32.4 Å². The summed E-state index contributed by atoms with van der Waals surface area (Å²) in [5.74, 6) is 1.28. The summed E-state index contributed by atoms with van der Waals surface area (Å²) in [6, 6.07) is 3.50. The normalized spacial score (nSPS) is 20.4. The summed E-state index contributed by atoms with van der Waals surface area (Å²) in [6.45, 7) is 6.24.